The Balaban J connectivity index is 1.93. The minimum absolute atomic E-state index is 0.648. The van der Waals surface area contributed by atoms with Crippen molar-refractivity contribution in [3.8, 4) is 0 Å². The van der Waals surface area contributed by atoms with E-state index in [2.05, 4.69) is 41.3 Å². The minimum Gasteiger partial charge on any atom is -0.381 e. The van der Waals surface area contributed by atoms with Crippen LogP contribution < -0.4 is 5.32 Å². The van der Waals surface area contributed by atoms with Gasteiger partial charge in [-0.05, 0) is 44.5 Å². The third-order valence-corrected chi connectivity index (χ3v) is 3.43. The Kier molecular flexibility index (Phi) is 4.96. The van der Waals surface area contributed by atoms with Gasteiger partial charge in [0.2, 0.25) is 0 Å². The lowest BCUT2D eigenvalue weighted by atomic mass is 10.1. The van der Waals surface area contributed by atoms with Crippen molar-refractivity contribution in [3.05, 3.63) is 23.9 Å². The summed E-state index contributed by atoms with van der Waals surface area (Å²) in [7, 11) is 2.20. The molecule has 1 fully saturated rings. The quantitative estimate of drug-likeness (QED) is 0.867. The second-order valence-electron chi connectivity index (χ2n) is 4.84. The molecule has 1 aliphatic rings. The first-order valence-corrected chi connectivity index (χ1v) is 6.76. The van der Waals surface area contributed by atoms with Crippen LogP contribution in [0.25, 0.3) is 0 Å². The van der Waals surface area contributed by atoms with Gasteiger partial charge in [0.15, 0.2) is 0 Å². The molecule has 0 aromatic carbocycles. The Morgan fingerprint density at radius 1 is 1.44 bits per heavy atom. The van der Waals surface area contributed by atoms with Crippen LogP contribution in [0.4, 0.5) is 5.82 Å². The molecular formula is C14H23N3O. The maximum atomic E-state index is 5.40. The third-order valence-electron chi connectivity index (χ3n) is 3.43. The maximum Gasteiger partial charge on any atom is 0.126 e. The summed E-state index contributed by atoms with van der Waals surface area (Å²) in [4.78, 5) is 6.72. The number of rotatable bonds is 5. The minimum atomic E-state index is 0.648. The van der Waals surface area contributed by atoms with Gasteiger partial charge in [0.1, 0.15) is 5.82 Å². The van der Waals surface area contributed by atoms with Gasteiger partial charge < -0.3 is 10.1 Å². The van der Waals surface area contributed by atoms with Gasteiger partial charge in [-0.15, -0.1) is 0 Å². The van der Waals surface area contributed by atoms with E-state index in [-0.39, 0.29) is 0 Å². The Hall–Kier alpha value is -1.13. The van der Waals surface area contributed by atoms with E-state index in [0.29, 0.717) is 6.04 Å². The predicted molar refractivity (Wildman–Crippen MR) is 73.7 cm³/mol. The molecular weight excluding hydrogens is 226 g/mol. The van der Waals surface area contributed by atoms with Gasteiger partial charge in [0.05, 0.1) is 0 Å². The molecule has 0 unspecified atom stereocenters. The van der Waals surface area contributed by atoms with E-state index in [1.807, 2.05) is 6.20 Å². The molecule has 0 atom stereocenters. The largest absolute Gasteiger partial charge is 0.381 e. The van der Waals surface area contributed by atoms with Gasteiger partial charge >= 0.3 is 0 Å². The number of ether oxygens (including phenoxy) is 1. The number of hydrogen-bond donors (Lipinski definition) is 1. The van der Waals surface area contributed by atoms with Crippen molar-refractivity contribution in [1.29, 1.82) is 0 Å². The molecule has 18 heavy (non-hydrogen) atoms. The van der Waals surface area contributed by atoms with Crippen molar-refractivity contribution in [2.75, 3.05) is 32.1 Å². The lowest BCUT2D eigenvalue weighted by Gasteiger charge is -2.31. The Bertz CT molecular complexity index is 364. The van der Waals surface area contributed by atoms with Gasteiger partial charge in [-0.3, -0.25) is 4.90 Å². The first-order valence-electron chi connectivity index (χ1n) is 6.76. The van der Waals surface area contributed by atoms with Gasteiger partial charge in [0.25, 0.3) is 0 Å². The number of pyridine rings is 1. The second kappa shape index (κ2) is 6.71. The molecule has 0 bridgehead atoms. The van der Waals surface area contributed by atoms with Crippen LogP contribution in [0.15, 0.2) is 18.3 Å². The molecule has 1 aromatic heterocycles. The van der Waals surface area contributed by atoms with E-state index in [0.717, 1.165) is 45.0 Å². The highest BCUT2D eigenvalue weighted by Crippen LogP contribution is 2.16. The van der Waals surface area contributed by atoms with Gasteiger partial charge in [-0.1, -0.05) is 0 Å². The van der Waals surface area contributed by atoms with E-state index in [4.69, 9.17) is 4.74 Å². The summed E-state index contributed by atoms with van der Waals surface area (Å²) < 4.78 is 5.40. The number of nitrogens with one attached hydrogen (secondary N) is 1. The number of nitrogens with zero attached hydrogens (tertiary/aromatic N) is 2. The highest BCUT2D eigenvalue weighted by molar-refractivity contribution is 5.37. The summed E-state index contributed by atoms with van der Waals surface area (Å²) >= 11 is 0. The van der Waals surface area contributed by atoms with Crippen LogP contribution in [0.1, 0.15) is 25.3 Å². The fraction of sp³-hybridized carbons (Fsp3) is 0.643. The zero-order valence-corrected chi connectivity index (χ0v) is 11.4. The SMILES string of the molecule is CCNc1cc(CN(C)C2CCOCC2)ccn1. The number of anilines is 1. The molecule has 0 aliphatic carbocycles. The number of aromatic nitrogens is 1. The lowest BCUT2D eigenvalue weighted by molar-refractivity contribution is 0.0407. The topological polar surface area (TPSA) is 37.4 Å². The molecule has 4 heteroatoms. The summed E-state index contributed by atoms with van der Waals surface area (Å²) in [6.45, 7) is 5.77. The molecule has 1 aliphatic heterocycles. The van der Waals surface area contributed by atoms with Crippen LogP contribution in [0.2, 0.25) is 0 Å². The second-order valence-corrected chi connectivity index (χ2v) is 4.84. The molecule has 2 heterocycles. The fourth-order valence-corrected chi connectivity index (χ4v) is 2.39. The molecule has 1 saturated heterocycles. The summed E-state index contributed by atoms with van der Waals surface area (Å²) in [6, 6.07) is 4.88. The van der Waals surface area contributed by atoms with E-state index >= 15 is 0 Å². The summed E-state index contributed by atoms with van der Waals surface area (Å²) in [5, 5.41) is 3.25. The average molecular weight is 249 g/mol. The van der Waals surface area contributed by atoms with Crippen molar-refractivity contribution in [1.82, 2.24) is 9.88 Å². The lowest BCUT2D eigenvalue weighted by Crippen LogP contribution is -2.36. The van der Waals surface area contributed by atoms with Crippen molar-refractivity contribution in [2.45, 2.75) is 32.4 Å². The van der Waals surface area contributed by atoms with Crippen LogP contribution in [-0.4, -0.2) is 42.7 Å². The van der Waals surface area contributed by atoms with E-state index < -0.39 is 0 Å². The molecule has 0 amide bonds. The highest BCUT2D eigenvalue weighted by atomic mass is 16.5. The van der Waals surface area contributed by atoms with Crippen molar-refractivity contribution >= 4 is 5.82 Å². The first-order chi connectivity index (χ1) is 8.79. The molecule has 0 spiro atoms. The molecule has 0 saturated carbocycles. The summed E-state index contributed by atoms with van der Waals surface area (Å²) in [6.07, 6.45) is 4.16. The smallest absolute Gasteiger partial charge is 0.126 e. The van der Waals surface area contributed by atoms with Crippen molar-refractivity contribution in [2.24, 2.45) is 0 Å². The summed E-state index contributed by atoms with van der Waals surface area (Å²) in [5.74, 6) is 0.968. The van der Waals surface area contributed by atoms with Crippen LogP contribution in [0.5, 0.6) is 0 Å². The van der Waals surface area contributed by atoms with Crippen molar-refractivity contribution in [3.63, 3.8) is 0 Å². The number of hydrogen-bond acceptors (Lipinski definition) is 4. The maximum absolute atomic E-state index is 5.40. The van der Waals surface area contributed by atoms with Gasteiger partial charge in [-0.2, -0.15) is 0 Å². The fourth-order valence-electron chi connectivity index (χ4n) is 2.39. The normalized spacial score (nSPS) is 17.1. The van der Waals surface area contributed by atoms with Crippen LogP contribution in [-0.2, 0) is 11.3 Å². The van der Waals surface area contributed by atoms with Gasteiger partial charge in [0, 0.05) is 38.5 Å². The third kappa shape index (κ3) is 3.68. The Morgan fingerprint density at radius 3 is 2.94 bits per heavy atom. The van der Waals surface area contributed by atoms with E-state index in [1.165, 1.54) is 5.56 Å². The van der Waals surface area contributed by atoms with Crippen molar-refractivity contribution < 1.29 is 4.74 Å². The predicted octanol–water partition coefficient (Wildman–Crippen LogP) is 2.12. The molecule has 100 valence electrons. The van der Waals surface area contributed by atoms with Crippen LogP contribution >= 0.6 is 0 Å². The first kappa shape index (κ1) is 13.3. The molecule has 2 rings (SSSR count). The monoisotopic (exact) mass is 249 g/mol. The standard InChI is InChI=1S/C14H23N3O/c1-3-15-14-10-12(4-7-16-14)11-17(2)13-5-8-18-9-6-13/h4,7,10,13H,3,5-6,8-9,11H2,1-2H3,(H,15,16). The van der Waals surface area contributed by atoms with Crippen LogP contribution in [0, 0.1) is 0 Å². The summed E-state index contributed by atoms with van der Waals surface area (Å²) in [5.41, 5.74) is 1.31. The Morgan fingerprint density at radius 2 is 2.22 bits per heavy atom. The molecule has 1 aromatic rings. The zero-order chi connectivity index (χ0) is 12.8. The highest BCUT2D eigenvalue weighted by Gasteiger charge is 2.18. The Labute approximate surface area is 109 Å². The zero-order valence-electron chi connectivity index (χ0n) is 11.4. The van der Waals surface area contributed by atoms with E-state index in [9.17, 15) is 0 Å². The average Bonchev–Trinajstić information content (AvgIpc) is 2.40. The molecule has 1 N–H and O–H groups in total. The molecule has 4 nitrogen and oxygen atoms in total. The van der Waals surface area contributed by atoms with Crippen LogP contribution in [0.3, 0.4) is 0 Å². The molecule has 0 radical (unpaired) electrons. The van der Waals surface area contributed by atoms with E-state index in [1.54, 1.807) is 0 Å². The van der Waals surface area contributed by atoms with Gasteiger partial charge in [-0.25, -0.2) is 4.98 Å².